The monoisotopic (exact) mass is 484 g/mol. The molecular weight excluding hydrogens is 456 g/mol. The molecule has 1 aromatic carbocycles. The highest BCUT2D eigenvalue weighted by molar-refractivity contribution is 6.28. The number of alkyl halides is 1. The summed E-state index contributed by atoms with van der Waals surface area (Å²) in [4.78, 5) is 34.9. The van der Waals surface area contributed by atoms with Gasteiger partial charge in [-0.3, -0.25) is 18.9 Å². The summed E-state index contributed by atoms with van der Waals surface area (Å²) in [5.74, 6) is 0.554. The number of aliphatic imine (C=N–C) groups is 2. The summed E-state index contributed by atoms with van der Waals surface area (Å²) >= 11 is 6.11. The zero-order valence-corrected chi connectivity index (χ0v) is 20.3. The molecule has 1 N–H and O–H groups in total. The molecule has 4 rings (SSSR count). The fourth-order valence-corrected chi connectivity index (χ4v) is 4.24. The Kier molecular flexibility index (Phi) is 7.19. The molecular formula is C25H29ClN4O4. The fraction of sp³-hybridized carbons (Fsp3) is 0.440. The average molecular weight is 485 g/mol. The number of fused-ring (bicyclic) bond motifs is 1. The standard InChI is InChI=1S/C25H29ClN4O4/c1-15(13-18-10-9-17(26)14-27-18)23(34-21-19-7-4-5-8-20(19)21)28-22-16(2)24(32)30(11-6-12-31)25(33)29(22)3/h4-5,7-8,10,14-15,17,21,31H,6,9,11-13H2,1-3H3. The van der Waals surface area contributed by atoms with Crippen molar-refractivity contribution in [2.24, 2.45) is 23.0 Å². The molecule has 8 nitrogen and oxygen atoms in total. The lowest BCUT2D eigenvalue weighted by atomic mass is 10.0. The van der Waals surface area contributed by atoms with Crippen molar-refractivity contribution in [3.8, 4) is 0 Å². The van der Waals surface area contributed by atoms with Crippen LogP contribution in [-0.2, 0) is 18.3 Å². The first kappa shape index (κ1) is 24.2. The highest BCUT2D eigenvalue weighted by Crippen LogP contribution is 2.44. The van der Waals surface area contributed by atoms with E-state index in [-0.39, 0.29) is 36.4 Å². The second kappa shape index (κ2) is 10.1. The molecule has 0 radical (unpaired) electrons. The van der Waals surface area contributed by atoms with Crippen molar-refractivity contribution < 1.29 is 9.84 Å². The van der Waals surface area contributed by atoms with Gasteiger partial charge in [-0.05, 0) is 19.8 Å². The van der Waals surface area contributed by atoms with E-state index in [0.29, 0.717) is 30.7 Å². The molecule has 2 heterocycles. The topological polar surface area (TPSA) is 98.2 Å². The number of halogens is 1. The lowest BCUT2D eigenvalue weighted by Crippen LogP contribution is -2.40. The summed E-state index contributed by atoms with van der Waals surface area (Å²) in [6.45, 7) is 3.69. The van der Waals surface area contributed by atoms with Crippen LogP contribution in [0.1, 0.15) is 49.0 Å². The molecule has 1 aliphatic carbocycles. The van der Waals surface area contributed by atoms with Crippen LogP contribution in [0.3, 0.4) is 0 Å². The van der Waals surface area contributed by atoms with E-state index < -0.39 is 11.2 Å². The van der Waals surface area contributed by atoms with Gasteiger partial charge in [0.2, 0.25) is 0 Å². The summed E-state index contributed by atoms with van der Waals surface area (Å²) in [5, 5.41) is 9.01. The first-order chi connectivity index (χ1) is 16.3. The Morgan fingerprint density at radius 3 is 2.65 bits per heavy atom. The third-order valence-electron chi connectivity index (χ3n) is 6.13. The van der Waals surface area contributed by atoms with Crippen molar-refractivity contribution in [1.29, 1.82) is 0 Å². The minimum atomic E-state index is -0.475. The maximum atomic E-state index is 12.9. The quantitative estimate of drug-likeness (QED) is 0.353. The summed E-state index contributed by atoms with van der Waals surface area (Å²) in [6, 6.07) is 7.96. The molecule has 2 atom stereocenters. The molecule has 0 fully saturated rings. The molecule has 9 heteroatoms. The molecule has 2 aromatic rings. The van der Waals surface area contributed by atoms with Crippen molar-refractivity contribution in [2.75, 3.05) is 6.61 Å². The van der Waals surface area contributed by atoms with Crippen molar-refractivity contribution >= 4 is 29.5 Å². The van der Waals surface area contributed by atoms with Gasteiger partial charge in [-0.15, -0.1) is 11.6 Å². The van der Waals surface area contributed by atoms with Gasteiger partial charge in [0.1, 0.15) is 5.82 Å². The molecule has 1 aromatic heterocycles. The first-order valence-electron chi connectivity index (χ1n) is 11.4. The first-order valence-corrected chi connectivity index (χ1v) is 11.9. The number of aromatic nitrogens is 2. The number of allylic oxidation sites excluding steroid dienone is 2. The molecule has 1 aliphatic heterocycles. The van der Waals surface area contributed by atoms with Crippen molar-refractivity contribution in [1.82, 2.24) is 9.13 Å². The van der Waals surface area contributed by atoms with E-state index in [0.717, 1.165) is 21.4 Å². The van der Waals surface area contributed by atoms with Crippen LogP contribution in [0.15, 0.2) is 55.6 Å². The van der Waals surface area contributed by atoms with Crippen molar-refractivity contribution in [3.63, 3.8) is 0 Å². The van der Waals surface area contributed by atoms with Gasteiger partial charge in [-0.25, -0.2) is 4.79 Å². The van der Waals surface area contributed by atoms with Crippen LogP contribution in [0.4, 0.5) is 5.82 Å². The Balaban J connectivity index is 1.70. The van der Waals surface area contributed by atoms with Crippen molar-refractivity contribution in [2.45, 2.75) is 51.1 Å². The molecule has 2 aliphatic rings. The molecule has 2 unspecified atom stereocenters. The summed E-state index contributed by atoms with van der Waals surface area (Å²) in [7, 11) is 1.59. The number of hydrogen-bond donors (Lipinski definition) is 1. The van der Waals surface area contributed by atoms with Gasteiger partial charge < -0.3 is 9.84 Å². The molecule has 0 saturated heterocycles. The van der Waals surface area contributed by atoms with E-state index in [2.05, 4.69) is 4.99 Å². The molecule has 0 saturated carbocycles. The van der Waals surface area contributed by atoms with Crippen LogP contribution in [-0.4, -0.2) is 38.3 Å². The van der Waals surface area contributed by atoms with E-state index in [9.17, 15) is 9.59 Å². The Labute approximate surface area is 202 Å². The van der Waals surface area contributed by atoms with E-state index in [1.54, 1.807) is 20.2 Å². The predicted molar refractivity (Wildman–Crippen MR) is 133 cm³/mol. The van der Waals surface area contributed by atoms with Gasteiger partial charge in [0, 0.05) is 55.6 Å². The zero-order chi connectivity index (χ0) is 24.4. The van der Waals surface area contributed by atoms with Gasteiger partial charge >= 0.3 is 5.69 Å². The third kappa shape index (κ3) is 4.93. The van der Waals surface area contributed by atoms with E-state index in [1.165, 1.54) is 4.57 Å². The number of hydrogen-bond acceptors (Lipinski definition) is 6. The van der Waals surface area contributed by atoms with Crippen LogP contribution < -0.4 is 11.2 Å². The molecule has 0 bridgehead atoms. The number of rotatable bonds is 8. The smallest absolute Gasteiger partial charge is 0.332 e. The number of aliphatic hydroxyl groups excluding tert-OH is 1. The Morgan fingerprint density at radius 1 is 1.32 bits per heavy atom. The van der Waals surface area contributed by atoms with Crippen LogP contribution in [0.2, 0.25) is 0 Å². The number of ether oxygens (including phenoxy) is 1. The van der Waals surface area contributed by atoms with Gasteiger partial charge in [-0.1, -0.05) is 37.3 Å². The minimum absolute atomic E-state index is 0.0982. The van der Waals surface area contributed by atoms with E-state index in [4.69, 9.17) is 26.4 Å². The molecule has 180 valence electrons. The largest absolute Gasteiger partial charge is 0.467 e. The van der Waals surface area contributed by atoms with Crippen LogP contribution in [0, 0.1) is 12.8 Å². The zero-order valence-electron chi connectivity index (χ0n) is 19.6. The molecule has 34 heavy (non-hydrogen) atoms. The molecule has 0 spiro atoms. The Bertz CT molecular complexity index is 1230. The second-order valence-electron chi connectivity index (χ2n) is 8.73. The van der Waals surface area contributed by atoms with Gasteiger partial charge in [0.15, 0.2) is 12.0 Å². The van der Waals surface area contributed by atoms with Crippen LogP contribution in [0.5, 0.6) is 0 Å². The maximum Gasteiger partial charge on any atom is 0.332 e. The summed E-state index contributed by atoms with van der Waals surface area (Å²) in [6.07, 6.45) is 5.19. The van der Waals surface area contributed by atoms with Crippen LogP contribution >= 0.6 is 11.6 Å². The molecule has 0 amide bonds. The van der Waals surface area contributed by atoms with Gasteiger partial charge in [-0.2, -0.15) is 4.99 Å². The SMILES string of the molecule is Cc1c(N=C(OC2c3ccccc32)C(C)CC2=CCC(Cl)C=N2)n(C)c(=O)n(CCCO)c1=O. The van der Waals surface area contributed by atoms with Gasteiger partial charge in [0.05, 0.1) is 10.9 Å². The van der Waals surface area contributed by atoms with E-state index in [1.807, 2.05) is 37.3 Å². The lowest BCUT2D eigenvalue weighted by molar-refractivity contribution is 0.257. The lowest BCUT2D eigenvalue weighted by Gasteiger charge is -2.19. The fourth-order valence-electron chi connectivity index (χ4n) is 4.09. The van der Waals surface area contributed by atoms with Crippen LogP contribution in [0.25, 0.3) is 0 Å². The Hall–Kier alpha value is -2.97. The number of nitrogens with zero attached hydrogens (tertiary/aromatic N) is 4. The highest BCUT2D eigenvalue weighted by Gasteiger charge is 2.36. The summed E-state index contributed by atoms with van der Waals surface area (Å²) in [5.41, 5.74) is 2.57. The second-order valence-corrected chi connectivity index (χ2v) is 9.29. The van der Waals surface area contributed by atoms with Crippen molar-refractivity contribution in [3.05, 3.63) is 73.6 Å². The Morgan fingerprint density at radius 2 is 2.03 bits per heavy atom. The third-order valence-corrected chi connectivity index (χ3v) is 6.42. The highest BCUT2D eigenvalue weighted by atomic mass is 35.5. The minimum Gasteiger partial charge on any atom is -0.467 e. The summed E-state index contributed by atoms with van der Waals surface area (Å²) < 4.78 is 8.83. The van der Waals surface area contributed by atoms with E-state index >= 15 is 0 Å². The normalized spacial score (nSPS) is 18.4. The number of benzene rings is 1. The average Bonchev–Trinajstić information content (AvgIpc) is 3.54. The van der Waals surface area contributed by atoms with Gasteiger partial charge in [0.25, 0.3) is 5.56 Å². The predicted octanol–water partition coefficient (Wildman–Crippen LogP) is 3.38. The number of aliphatic hydroxyl groups is 1. The maximum absolute atomic E-state index is 12.9.